The minimum absolute atomic E-state index is 0.00672. The topological polar surface area (TPSA) is 54.9 Å². The number of aryl methyl sites for hydroxylation is 2. The molecule has 3 rings (SSSR count). The van der Waals surface area contributed by atoms with Crippen molar-refractivity contribution in [3.63, 3.8) is 0 Å². The van der Waals surface area contributed by atoms with Gasteiger partial charge in [-0.1, -0.05) is 11.6 Å². The molecule has 6 heteroatoms. The number of H-pyrrole nitrogens is 1. The fourth-order valence-corrected chi connectivity index (χ4v) is 2.99. The van der Waals surface area contributed by atoms with Gasteiger partial charge in [0.1, 0.15) is 5.82 Å². The third-order valence-corrected chi connectivity index (χ3v) is 4.55. The van der Waals surface area contributed by atoms with E-state index >= 15 is 0 Å². The van der Waals surface area contributed by atoms with Gasteiger partial charge in [-0.2, -0.15) is 0 Å². The van der Waals surface area contributed by atoms with Crippen LogP contribution in [0.2, 0.25) is 5.02 Å². The van der Waals surface area contributed by atoms with Gasteiger partial charge in [-0.25, -0.2) is 4.39 Å². The highest BCUT2D eigenvalue weighted by atomic mass is 35.5. The Hall–Kier alpha value is -2.66. The Morgan fingerprint density at radius 2 is 1.85 bits per heavy atom. The molecule has 0 saturated carbocycles. The molecule has 134 valence electrons. The fraction of sp³-hybridized carbons (Fsp3) is 0.200. The Morgan fingerprint density at radius 1 is 1.12 bits per heavy atom. The molecule has 0 radical (unpaired) electrons. The summed E-state index contributed by atoms with van der Waals surface area (Å²) in [5.41, 5.74) is 3.08. The summed E-state index contributed by atoms with van der Waals surface area (Å²) in [6.07, 6.45) is 3.81. The number of benzene rings is 1. The zero-order valence-corrected chi connectivity index (χ0v) is 15.2. The minimum atomic E-state index is -0.645. The highest BCUT2D eigenvalue weighted by molar-refractivity contribution is 6.30. The molecule has 2 aromatic heterocycles. The van der Waals surface area contributed by atoms with Crippen molar-refractivity contribution in [2.24, 2.45) is 7.05 Å². The molecular formula is C20H18ClFN2O2. The Balaban J connectivity index is 1.69. The van der Waals surface area contributed by atoms with Crippen LogP contribution in [0.4, 0.5) is 4.39 Å². The van der Waals surface area contributed by atoms with Crippen LogP contribution in [-0.2, 0) is 19.9 Å². The molecule has 0 aliphatic rings. The van der Waals surface area contributed by atoms with Gasteiger partial charge in [0.2, 0.25) is 0 Å². The largest absolute Gasteiger partial charge is 0.358 e. The number of Topliss-reactive ketones (excluding diaryl/α,β-unsaturated/α-hetero) is 2. The third-order valence-electron chi connectivity index (χ3n) is 4.31. The Labute approximate surface area is 155 Å². The van der Waals surface area contributed by atoms with Gasteiger partial charge in [0, 0.05) is 43.0 Å². The van der Waals surface area contributed by atoms with E-state index in [9.17, 15) is 14.0 Å². The first kappa shape index (κ1) is 18.1. The van der Waals surface area contributed by atoms with Crippen molar-refractivity contribution in [1.29, 1.82) is 0 Å². The molecule has 0 fully saturated rings. The second-order valence-electron chi connectivity index (χ2n) is 6.35. The number of aromatic amines is 1. The first-order chi connectivity index (χ1) is 12.3. The van der Waals surface area contributed by atoms with Crippen LogP contribution < -0.4 is 0 Å². The van der Waals surface area contributed by atoms with Gasteiger partial charge in [0.15, 0.2) is 11.6 Å². The summed E-state index contributed by atoms with van der Waals surface area (Å²) in [4.78, 5) is 27.6. The van der Waals surface area contributed by atoms with Crippen LogP contribution >= 0.6 is 11.6 Å². The number of ketones is 2. The Bertz CT molecular complexity index is 968. The number of aromatic nitrogens is 2. The second kappa shape index (κ2) is 7.30. The van der Waals surface area contributed by atoms with Crippen molar-refractivity contribution in [1.82, 2.24) is 9.55 Å². The van der Waals surface area contributed by atoms with Gasteiger partial charge in [-0.05, 0) is 48.4 Å². The molecule has 1 N–H and O–H groups in total. The first-order valence-electron chi connectivity index (χ1n) is 8.14. The van der Waals surface area contributed by atoms with E-state index in [0.717, 1.165) is 17.3 Å². The lowest BCUT2D eigenvalue weighted by Crippen LogP contribution is -2.06. The Kier molecular flexibility index (Phi) is 5.09. The summed E-state index contributed by atoms with van der Waals surface area (Å²) in [5, 5.41) is 0.240. The van der Waals surface area contributed by atoms with Crippen LogP contribution in [0, 0.1) is 12.7 Å². The van der Waals surface area contributed by atoms with Crippen molar-refractivity contribution in [3.8, 4) is 0 Å². The molecule has 0 spiro atoms. The lowest BCUT2D eigenvalue weighted by molar-refractivity contribution is 0.0978. The number of nitrogens with zero attached hydrogens (tertiary/aromatic N) is 1. The van der Waals surface area contributed by atoms with Crippen molar-refractivity contribution in [2.45, 2.75) is 19.8 Å². The van der Waals surface area contributed by atoms with E-state index in [2.05, 4.69) is 4.98 Å². The SMILES string of the molecule is Cc1cc(CC(=O)c2cc(CC(=O)c3ccc(Cl)cc3F)c[nH]2)cn1C. The lowest BCUT2D eigenvalue weighted by atomic mass is 10.0. The maximum absolute atomic E-state index is 13.8. The number of nitrogens with one attached hydrogen (secondary N) is 1. The predicted octanol–water partition coefficient (Wildman–Crippen LogP) is 4.30. The van der Waals surface area contributed by atoms with Crippen LogP contribution in [0.1, 0.15) is 37.7 Å². The smallest absolute Gasteiger partial charge is 0.183 e. The fourth-order valence-electron chi connectivity index (χ4n) is 2.83. The molecule has 0 amide bonds. The molecule has 0 aliphatic carbocycles. The molecule has 0 aliphatic heterocycles. The molecular weight excluding hydrogens is 355 g/mol. The zero-order valence-electron chi connectivity index (χ0n) is 14.5. The molecule has 3 aromatic rings. The van der Waals surface area contributed by atoms with E-state index < -0.39 is 5.82 Å². The van der Waals surface area contributed by atoms with Crippen LogP contribution in [-0.4, -0.2) is 21.1 Å². The number of carbonyl (C=O) groups is 2. The highest BCUT2D eigenvalue weighted by Crippen LogP contribution is 2.18. The zero-order chi connectivity index (χ0) is 18.8. The van der Waals surface area contributed by atoms with Crippen molar-refractivity contribution >= 4 is 23.2 Å². The van der Waals surface area contributed by atoms with Crippen LogP contribution in [0.5, 0.6) is 0 Å². The molecule has 2 heterocycles. The van der Waals surface area contributed by atoms with Gasteiger partial charge in [-0.15, -0.1) is 0 Å². The van der Waals surface area contributed by atoms with E-state index in [0.29, 0.717) is 11.3 Å². The van der Waals surface area contributed by atoms with Gasteiger partial charge < -0.3 is 9.55 Å². The van der Waals surface area contributed by atoms with Crippen molar-refractivity contribution in [2.75, 3.05) is 0 Å². The summed E-state index contributed by atoms with van der Waals surface area (Å²) in [7, 11) is 1.93. The molecule has 0 unspecified atom stereocenters. The average Bonchev–Trinajstić information content (AvgIpc) is 3.14. The normalized spacial score (nSPS) is 10.9. The predicted molar refractivity (Wildman–Crippen MR) is 98.4 cm³/mol. The third kappa shape index (κ3) is 3.94. The van der Waals surface area contributed by atoms with E-state index in [1.165, 1.54) is 12.1 Å². The summed E-state index contributed by atoms with van der Waals surface area (Å²) >= 11 is 5.70. The molecule has 0 bridgehead atoms. The number of halogens is 2. The maximum Gasteiger partial charge on any atom is 0.183 e. The van der Waals surface area contributed by atoms with Gasteiger partial charge >= 0.3 is 0 Å². The van der Waals surface area contributed by atoms with Crippen molar-refractivity contribution in [3.05, 3.63) is 81.6 Å². The monoisotopic (exact) mass is 372 g/mol. The first-order valence-corrected chi connectivity index (χ1v) is 8.52. The lowest BCUT2D eigenvalue weighted by Gasteiger charge is -2.01. The average molecular weight is 373 g/mol. The van der Waals surface area contributed by atoms with E-state index in [4.69, 9.17) is 11.6 Å². The quantitative estimate of drug-likeness (QED) is 0.656. The highest BCUT2D eigenvalue weighted by Gasteiger charge is 2.16. The second-order valence-corrected chi connectivity index (χ2v) is 6.78. The van der Waals surface area contributed by atoms with E-state index in [1.54, 1.807) is 12.3 Å². The van der Waals surface area contributed by atoms with E-state index in [-0.39, 0.29) is 35.0 Å². The minimum Gasteiger partial charge on any atom is -0.358 e. The maximum atomic E-state index is 13.8. The number of hydrogen-bond acceptors (Lipinski definition) is 2. The molecule has 26 heavy (non-hydrogen) atoms. The molecule has 4 nitrogen and oxygen atoms in total. The van der Waals surface area contributed by atoms with Gasteiger partial charge in [-0.3, -0.25) is 9.59 Å². The summed E-state index contributed by atoms with van der Waals surface area (Å²) in [6, 6.07) is 7.57. The van der Waals surface area contributed by atoms with Gasteiger partial charge in [0.05, 0.1) is 11.3 Å². The standard InChI is InChI=1S/C20H18ClFN2O2/c1-12-5-14(11-24(12)2)8-20(26)18-6-13(10-23-18)7-19(25)16-4-3-15(21)9-17(16)22/h3-6,9-11,23H,7-8H2,1-2H3. The number of carbonyl (C=O) groups excluding carboxylic acids is 2. The summed E-state index contributed by atoms with van der Waals surface area (Å²) < 4.78 is 15.8. The van der Waals surface area contributed by atoms with Crippen LogP contribution in [0.25, 0.3) is 0 Å². The van der Waals surface area contributed by atoms with Crippen molar-refractivity contribution < 1.29 is 14.0 Å². The molecule has 0 saturated heterocycles. The molecule has 0 atom stereocenters. The summed E-state index contributed by atoms with van der Waals surface area (Å²) in [6.45, 7) is 1.97. The summed E-state index contributed by atoms with van der Waals surface area (Å²) in [5.74, 6) is -1.07. The van der Waals surface area contributed by atoms with E-state index in [1.807, 2.05) is 30.8 Å². The van der Waals surface area contributed by atoms with Gasteiger partial charge in [0.25, 0.3) is 0 Å². The number of rotatable bonds is 6. The van der Waals surface area contributed by atoms with Crippen LogP contribution in [0.3, 0.4) is 0 Å². The van der Waals surface area contributed by atoms with Crippen LogP contribution in [0.15, 0.2) is 42.7 Å². The Morgan fingerprint density at radius 3 is 2.50 bits per heavy atom. The number of hydrogen-bond donors (Lipinski definition) is 1. The molecule has 1 aromatic carbocycles.